The Hall–Kier alpha value is -3.04. The molecular weight excluding hydrogens is 438 g/mol. The molecule has 0 radical (unpaired) electrons. The van der Waals surface area contributed by atoms with Gasteiger partial charge in [0, 0.05) is 6.54 Å². The Morgan fingerprint density at radius 3 is 2.43 bits per heavy atom. The Morgan fingerprint density at radius 2 is 1.69 bits per heavy atom. The van der Waals surface area contributed by atoms with E-state index >= 15 is 0 Å². The number of nitrogens with zero attached hydrogens (tertiary/aromatic N) is 3. The summed E-state index contributed by atoms with van der Waals surface area (Å²) in [5.41, 5.74) is 16.5. The highest BCUT2D eigenvalue weighted by Gasteiger charge is 2.18. The third-order valence-corrected chi connectivity index (χ3v) is 6.30. The molecule has 1 saturated heterocycles. The summed E-state index contributed by atoms with van der Waals surface area (Å²) < 4.78 is 3.42. The SMILES string of the molecule is CC/C=C/c1nn(CCCCCCC)c(=O)n1Cc1ccc(-c2ccccc2C2NNNN2)cc1. The summed E-state index contributed by atoms with van der Waals surface area (Å²) in [5.74, 6) is 0.721. The van der Waals surface area contributed by atoms with Gasteiger partial charge in [-0.05, 0) is 41.2 Å². The van der Waals surface area contributed by atoms with Gasteiger partial charge in [-0.3, -0.25) is 4.57 Å². The molecule has 4 N–H and O–H groups in total. The molecule has 3 aromatic rings. The molecule has 1 aliphatic heterocycles. The van der Waals surface area contributed by atoms with Crippen molar-refractivity contribution >= 4 is 6.08 Å². The Labute approximate surface area is 207 Å². The van der Waals surface area contributed by atoms with E-state index in [4.69, 9.17) is 0 Å². The molecular formula is C27H37N7O. The predicted molar refractivity (Wildman–Crippen MR) is 141 cm³/mol. The van der Waals surface area contributed by atoms with Gasteiger partial charge in [-0.2, -0.15) is 16.2 Å². The second kappa shape index (κ2) is 12.6. The standard InChI is InChI=1S/C27H37N7O/c1-3-5-7-8-11-19-34-27(35)33(25(30-34)14-6-4-2)20-21-15-17-22(18-16-21)23-12-9-10-13-24(23)26-28-31-32-29-26/h6,9-10,12-18,26,28-29,31-32H,3-5,7-8,11,19-20H2,1-2H3/b14-6+. The minimum Gasteiger partial charge on any atom is -0.271 e. The molecule has 8 heteroatoms. The van der Waals surface area contributed by atoms with Crippen LogP contribution < -0.4 is 27.6 Å². The molecule has 4 rings (SSSR count). The molecule has 2 heterocycles. The maximum atomic E-state index is 13.2. The van der Waals surface area contributed by atoms with Gasteiger partial charge in [-0.15, -0.1) is 0 Å². The number of allylic oxidation sites excluding steroid dienone is 1. The Bertz CT molecular complexity index is 1160. The van der Waals surface area contributed by atoms with E-state index in [1.54, 1.807) is 9.25 Å². The first-order valence-electron chi connectivity index (χ1n) is 12.7. The smallest absolute Gasteiger partial charge is 0.271 e. The summed E-state index contributed by atoms with van der Waals surface area (Å²) in [7, 11) is 0. The number of rotatable bonds is 12. The first-order chi connectivity index (χ1) is 17.2. The van der Waals surface area contributed by atoms with E-state index in [0.29, 0.717) is 13.1 Å². The van der Waals surface area contributed by atoms with Crippen molar-refractivity contribution in [3.05, 3.63) is 82.0 Å². The van der Waals surface area contributed by atoms with Crippen LogP contribution in [0.15, 0.2) is 59.4 Å². The number of aromatic nitrogens is 3. The van der Waals surface area contributed by atoms with Gasteiger partial charge >= 0.3 is 5.69 Å². The second-order valence-electron chi connectivity index (χ2n) is 8.93. The monoisotopic (exact) mass is 475 g/mol. The molecule has 2 aromatic carbocycles. The molecule has 0 amide bonds. The minimum absolute atomic E-state index is 0.0369. The zero-order valence-corrected chi connectivity index (χ0v) is 20.8. The summed E-state index contributed by atoms with van der Waals surface area (Å²) in [4.78, 5) is 13.2. The fraction of sp³-hybridized carbons (Fsp3) is 0.407. The summed E-state index contributed by atoms with van der Waals surface area (Å²) >= 11 is 0. The number of unbranched alkanes of at least 4 members (excludes halogenated alkanes) is 4. The second-order valence-corrected chi connectivity index (χ2v) is 8.93. The van der Waals surface area contributed by atoms with Gasteiger partial charge in [0.25, 0.3) is 0 Å². The van der Waals surface area contributed by atoms with Crippen molar-refractivity contribution in [2.75, 3.05) is 0 Å². The van der Waals surface area contributed by atoms with Gasteiger partial charge in [0.15, 0.2) is 5.82 Å². The van der Waals surface area contributed by atoms with Crippen molar-refractivity contribution in [1.82, 2.24) is 36.3 Å². The van der Waals surface area contributed by atoms with Gasteiger partial charge < -0.3 is 0 Å². The molecule has 1 aliphatic rings. The van der Waals surface area contributed by atoms with Crippen LogP contribution in [0.4, 0.5) is 0 Å². The average Bonchev–Trinajstić information content (AvgIpc) is 3.53. The van der Waals surface area contributed by atoms with Gasteiger partial charge in [0.2, 0.25) is 0 Å². The van der Waals surface area contributed by atoms with Gasteiger partial charge in [-0.1, -0.05) is 94.1 Å². The van der Waals surface area contributed by atoms with Crippen molar-refractivity contribution in [2.45, 2.75) is 71.6 Å². The third kappa shape index (κ3) is 6.35. The number of nitrogens with one attached hydrogen (secondary N) is 4. The fourth-order valence-electron chi connectivity index (χ4n) is 4.36. The molecule has 35 heavy (non-hydrogen) atoms. The maximum absolute atomic E-state index is 13.2. The third-order valence-electron chi connectivity index (χ3n) is 6.30. The van der Waals surface area contributed by atoms with Crippen LogP contribution in [-0.4, -0.2) is 14.3 Å². The lowest BCUT2D eigenvalue weighted by molar-refractivity contribution is 0.515. The van der Waals surface area contributed by atoms with E-state index in [1.165, 1.54) is 19.3 Å². The van der Waals surface area contributed by atoms with E-state index in [9.17, 15) is 4.79 Å². The minimum atomic E-state index is -0.0379. The number of aryl methyl sites for hydroxylation is 1. The van der Waals surface area contributed by atoms with Crippen LogP contribution in [0.1, 0.15) is 75.5 Å². The molecule has 186 valence electrons. The van der Waals surface area contributed by atoms with Gasteiger partial charge in [0.05, 0.1) is 6.54 Å². The van der Waals surface area contributed by atoms with Crippen molar-refractivity contribution in [3.8, 4) is 11.1 Å². The van der Waals surface area contributed by atoms with E-state index in [1.807, 2.05) is 18.2 Å². The molecule has 8 nitrogen and oxygen atoms in total. The lowest BCUT2D eigenvalue weighted by atomic mass is 9.97. The van der Waals surface area contributed by atoms with Gasteiger partial charge in [0.1, 0.15) is 6.17 Å². The number of hydrogen-bond donors (Lipinski definition) is 4. The Morgan fingerprint density at radius 1 is 0.943 bits per heavy atom. The zero-order chi connectivity index (χ0) is 24.5. The van der Waals surface area contributed by atoms with E-state index in [0.717, 1.165) is 47.3 Å². The van der Waals surface area contributed by atoms with Crippen molar-refractivity contribution < 1.29 is 0 Å². The zero-order valence-electron chi connectivity index (χ0n) is 20.8. The molecule has 1 fully saturated rings. The molecule has 1 aromatic heterocycles. The topological polar surface area (TPSA) is 87.9 Å². The van der Waals surface area contributed by atoms with Crippen LogP contribution in [-0.2, 0) is 13.1 Å². The van der Waals surface area contributed by atoms with Crippen molar-refractivity contribution in [1.29, 1.82) is 0 Å². The van der Waals surface area contributed by atoms with E-state index < -0.39 is 0 Å². The number of hydrazine groups is 3. The molecule has 0 unspecified atom stereocenters. The van der Waals surface area contributed by atoms with E-state index in [2.05, 4.69) is 83.3 Å². The normalized spacial score (nSPS) is 14.3. The lowest BCUT2D eigenvalue weighted by Crippen LogP contribution is -2.33. The highest BCUT2D eigenvalue weighted by Crippen LogP contribution is 2.28. The Balaban J connectivity index is 1.52. The van der Waals surface area contributed by atoms with Crippen LogP contribution in [0, 0.1) is 0 Å². The summed E-state index contributed by atoms with van der Waals surface area (Å²) in [6.07, 6.45) is 10.7. The summed E-state index contributed by atoms with van der Waals surface area (Å²) in [6, 6.07) is 16.7. The van der Waals surface area contributed by atoms with Gasteiger partial charge in [-0.25, -0.2) is 20.3 Å². The molecule has 0 saturated carbocycles. The predicted octanol–water partition coefficient (Wildman–Crippen LogP) is 4.27. The molecule has 0 bridgehead atoms. The fourth-order valence-corrected chi connectivity index (χ4v) is 4.36. The maximum Gasteiger partial charge on any atom is 0.346 e. The largest absolute Gasteiger partial charge is 0.346 e. The molecule has 0 aliphatic carbocycles. The van der Waals surface area contributed by atoms with Crippen LogP contribution >= 0.6 is 0 Å². The summed E-state index contributed by atoms with van der Waals surface area (Å²) in [6.45, 7) is 5.47. The molecule has 0 spiro atoms. The van der Waals surface area contributed by atoms with Crippen LogP contribution in [0.2, 0.25) is 0 Å². The number of hydrogen-bond acceptors (Lipinski definition) is 6. The van der Waals surface area contributed by atoms with Crippen molar-refractivity contribution in [3.63, 3.8) is 0 Å². The highest BCUT2D eigenvalue weighted by molar-refractivity contribution is 5.68. The van der Waals surface area contributed by atoms with Crippen molar-refractivity contribution in [2.24, 2.45) is 0 Å². The first kappa shape index (κ1) is 25.1. The Kier molecular flexibility index (Phi) is 9.02. The van der Waals surface area contributed by atoms with Crippen LogP contribution in [0.3, 0.4) is 0 Å². The first-order valence-corrected chi connectivity index (χ1v) is 12.7. The lowest BCUT2D eigenvalue weighted by Gasteiger charge is -2.15. The van der Waals surface area contributed by atoms with Crippen LogP contribution in [0.5, 0.6) is 0 Å². The average molecular weight is 476 g/mol. The number of benzene rings is 2. The highest BCUT2D eigenvalue weighted by atomic mass is 16.2. The van der Waals surface area contributed by atoms with E-state index in [-0.39, 0.29) is 11.9 Å². The van der Waals surface area contributed by atoms with Crippen LogP contribution in [0.25, 0.3) is 17.2 Å². The summed E-state index contributed by atoms with van der Waals surface area (Å²) in [5, 5.41) is 4.64. The quantitative estimate of drug-likeness (QED) is 0.293. The molecule has 0 atom stereocenters.